The van der Waals surface area contributed by atoms with Crippen molar-refractivity contribution in [1.82, 2.24) is 10.2 Å². The first-order chi connectivity index (χ1) is 8.56. The normalized spacial score (nSPS) is 14.6. The first kappa shape index (κ1) is 13.0. The van der Waals surface area contributed by atoms with Crippen LogP contribution in [-0.2, 0) is 4.79 Å². The lowest BCUT2D eigenvalue weighted by Gasteiger charge is -2.13. The molecule has 1 aliphatic rings. The lowest BCUT2D eigenvalue weighted by Crippen LogP contribution is -2.37. The Hall–Kier alpha value is -1.46. The largest absolute Gasteiger partial charge is 0.376 e. The van der Waals surface area contributed by atoms with Crippen molar-refractivity contribution >= 4 is 40.8 Å². The van der Waals surface area contributed by atoms with E-state index in [1.165, 1.54) is 4.90 Å². The summed E-state index contributed by atoms with van der Waals surface area (Å²) in [6, 6.07) is 4.56. The molecule has 1 fully saturated rings. The van der Waals surface area contributed by atoms with Crippen LogP contribution in [0.25, 0.3) is 0 Å². The van der Waals surface area contributed by atoms with Crippen LogP contribution in [0, 0.1) is 0 Å². The highest BCUT2D eigenvalue weighted by atomic mass is 35.5. The second-order valence-corrected chi connectivity index (χ2v) is 4.66. The van der Waals surface area contributed by atoms with Crippen molar-refractivity contribution < 1.29 is 9.59 Å². The molecule has 0 aromatic heterocycles. The van der Waals surface area contributed by atoms with Gasteiger partial charge in [0.15, 0.2) is 0 Å². The van der Waals surface area contributed by atoms with E-state index in [0.29, 0.717) is 28.8 Å². The fourth-order valence-electron chi connectivity index (χ4n) is 1.64. The lowest BCUT2D eigenvalue weighted by atomic mass is 10.3. The SMILES string of the molecule is O=C(CNc1cc(Cl)cc(Cl)c1)N1CCNC1=O. The summed E-state index contributed by atoms with van der Waals surface area (Å²) < 4.78 is 0. The van der Waals surface area contributed by atoms with Crippen molar-refractivity contribution in [2.24, 2.45) is 0 Å². The van der Waals surface area contributed by atoms with Gasteiger partial charge in [0.1, 0.15) is 0 Å². The summed E-state index contributed by atoms with van der Waals surface area (Å²) in [5, 5.41) is 6.41. The Labute approximate surface area is 114 Å². The number of amides is 3. The second kappa shape index (κ2) is 5.46. The average molecular weight is 288 g/mol. The molecule has 0 radical (unpaired) electrons. The average Bonchev–Trinajstić information content (AvgIpc) is 2.71. The van der Waals surface area contributed by atoms with Crippen LogP contribution >= 0.6 is 23.2 Å². The Kier molecular flexibility index (Phi) is 3.93. The van der Waals surface area contributed by atoms with Gasteiger partial charge in [-0.1, -0.05) is 23.2 Å². The van der Waals surface area contributed by atoms with Crippen molar-refractivity contribution in [2.75, 3.05) is 25.0 Å². The summed E-state index contributed by atoms with van der Waals surface area (Å²) in [6.45, 7) is 0.910. The van der Waals surface area contributed by atoms with Crippen LogP contribution < -0.4 is 10.6 Å². The monoisotopic (exact) mass is 287 g/mol. The minimum absolute atomic E-state index is 0.0179. The molecule has 0 aliphatic carbocycles. The maximum absolute atomic E-state index is 11.7. The van der Waals surface area contributed by atoms with Gasteiger partial charge in [-0.05, 0) is 18.2 Å². The Morgan fingerprint density at radius 3 is 2.56 bits per heavy atom. The van der Waals surface area contributed by atoms with Crippen molar-refractivity contribution in [3.63, 3.8) is 0 Å². The molecule has 0 spiro atoms. The smallest absolute Gasteiger partial charge is 0.324 e. The molecule has 1 saturated heterocycles. The molecule has 1 aromatic rings. The van der Waals surface area contributed by atoms with Gasteiger partial charge >= 0.3 is 6.03 Å². The zero-order valence-electron chi connectivity index (χ0n) is 9.37. The maximum Gasteiger partial charge on any atom is 0.324 e. The Bertz CT molecular complexity index is 473. The highest BCUT2D eigenvalue weighted by molar-refractivity contribution is 6.35. The number of hydrogen-bond acceptors (Lipinski definition) is 3. The molecule has 1 heterocycles. The number of benzene rings is 1. The van der Waals surface area contributed by atoms with Gasteiger partial charge in [0, 0.05) is 28.8 Å². The molecule has 0 unspecified atom stereocenters. The quantitative estimate of drug-likeness (QED) is 0.893. The molecule has 2 rings (SSSR count). The van der Waals surface area contributed by atoms with Gasteiger partial charge in [-0.2, -0.15) is 0 Å². The van der Waals surface area contributed by atoms with Gasteiger partial charge in [-0.3, -0.25) is 9.69 Å². The van der Waals surface area contributed by atoms with Crippen LogP contribution in [0.2, 0.25) is 10.0 Å². The zero-order chi connectivity index (χ0) is 13.1. The number of halogens is 2. The molecule has 2 N–H and O–H groups in total. The number of urea groups is 1. The molecule has 18 heavy (non-hydrogen) atoms. The third kappa shape index (κ3) is 3.05. The predicted octanol–water partition coefficient (Wildman–Crippen LogP) is 1.96. The van der Waals surface area contributed by atoms with Gasteiger partial charge < -0.3 is 10.6 Å². The van der Waals surface area contributed by atoms with Crippen LogP contribution in [0.4, 0.5) is 10.5 Å². The van der Waals surface area contributed by atoms with E-state index in [1.54, 1.807) is 18.2 Å². The number of carbonyl (C=O) groups is 2. The molecule has 96 valence electrons. The van der Waals surface area contributed by atoms with Crippen LogP contribution in [0.3, 0.4) is 0 Å². The number of nitrogens with zero attached hydrogens (tertiary/aromatic N) is 1. The summed E-state index contributed by atoms with van der Waals surface area (Å²) >= 11 is 11.7. The molecular weight excluding hydrogens is 277 g/mol. The van der Waals surface area contributed by atoms with Crippen LogP contribution in [0.15, 0.2) is 18.2 Å². The third-order valence-corrected chi connectivity index (χ3v) is 2.90. The molecular formula is C11H11Cl2N3O2. The molecule has 1 aromatic carbocycles. The van der Waals surface area contributed by atoms with Gasteiger partial charge in [-0.25, -0.2) is 4.79 Å². The zero-order valence-corrected chi connectivity index (χ0v) is 10.9. The van der Waals surface area contributed by atoms with Crippen molar-refractivity contribution in [1.29, 1.82) is 0 Å². The standard InChI is InChI=1S/C11H11Cl2N3O2/c12-7-3-8(13)5-9(4-7)15-6-10(17)16-2-1-14-11(16)18/h3-5,15H,1-2,6H2,(H,14,18). The summed E-state index contributed by atoms with van der Waals surface area (Å²) in [5.74, 6) is -0.291. The van der Waals surface area contributed by atoms with E-state index >= 15 is 0 Å². The van der Waals surface area contributed by atoms with Gasteiger partial charge in [0.2, 0.25) is 5.91 Å². The first-order valence-electron chi connectivity index (χ1n) is 5.34. The topological polar surface area (TPSA) is 61.4 Å². The van der Waals surface area contributed by atoms with E-state index in [2.05, 4.69) is 10.6 Å². The minimum atomic E-state index is -0.356. The highest BCUT2D eigenvalue weighted by Crippen LogP contribution is 2.22. The number of nitrogens with one attached hydrogen (secondary N) is 2. The van der Waals surface area contributed by atoms with Crippen LogP contribution in [0.5, 0.6) is 0 Å². The highest BCUT2D eigenvalue weighted by Gasteiger charge is 2.25. The fraction of sp³-hybridized carbons (Fsp3) is 0.273. The predicted molar refractivity (Wildman–Crippen MR) is 70.1 cm³/mol. The number of anilines is 1. The van der Waals surface area contributed by atoms with Gasteiger partial charge in [0.05, 0.1) is 6.54 Å². The van der Waals surface area contributed by atoms with E-state index in [-0.39, 0.29) is 18.5 Å². The minimum Gasteiger partial charge on any atom is -0.376 e. The van der Waals surface area contributed by atoms with E-state index in [4.69, 9.17) is 23.2 Å². The van der Waals surface area contributed by atoms with Crippen LogP contribution in [0.1, 0.15) is 0 Å². The fourth-order valence-corrected chi connectivity index (χ4v) is 2.16. The number of hydrogen-bond donors (Lipinski definition) is 2. The van der Waals surface area contributed by atoms with Crippen molar-refractivity contribution in [2.45, 2.75) is 0 Å². The number of rotatable bonds is 3. The van der Waals surface area contributed by atoms with Crippen molar-refractivity contribution in [3.05, 3.63) is 28.2 Å². The molecule has 7 heteroatoms. The Balaban J connectivity index is 1.95. The van der Waals surface area contributed by atoms with Crippen molar-refractivity contribution in [3.8, 4) is 0 Å². The third-order valence-electron chi connectivity index (χ3n) is 2.46. The summed E-state index contributed by atoms with van der Waals surface area (Å²) in [7, 11) is 0. The molecule has 0 saturated carbocycles. The molecule has 1 aliphatic heterocycles. The summed E-state index contributed by atoms with van der Waals surface area (Å²) in [6.07, 6.45) is 0. The number of carbonyl (C=O) groups excluding carboxylic acids is 2. The van der Waals surface area contributed by atoms with Crippen LogP contribution in [-0.4, -0.2) is 36.5 Å². The molecule has 0 bridgehead atoms. The number of imide groups is 1. The van der Waals surface area contributed by atoms with E-state index in [1.807, 2.05) is 0 Å². The second-order valence-electron chi connectivity index (χ2n) is 3.79. The van der Waals surface area contributed by atoms with Gasteiger partial charge in [-0.15, -0.1) is 0 Å². The van der Waals surface area contributed by atoms with E-state index in [0.717, 1.165) is 0 Å². The first-order valence-corrected chi connectivity index (χ1v) is 6.10. The Morgan fingerprint density at radius 2 is 2.00 bits per heavy atom. The Morgan fingerprint density at radius 1 is 1.33 bits per heavy atom. The molecule has 0 atom stereocenters. The maximum atomic E-state index is 11.7. The summed E-state index contributed by atoms with van der Waals surface area (Å²) in [5.41, 5.74) is 0.639. The molecule has 3 amide bonds. The lowest BCUT2D eigenvalue weighted by molar-refractivity contribution is -0.125. The van der Waals surface area contributed by atoms with Gasteiger partial charge in [0.25, 0.3) is 0 Å². The molecule has 5 nitrogen and oxygen atoms in total. The van der Waals surface area contributed by atoms with E-state index in [9.17, 15) is 9.59 Å². The summed E-state index contributed by atoms with van der Waals surface area (Å²) in [4.78, 5) is 24.2. The van der Waals surface area contributed by atoms with E-state index < -0.39 is 0 Å².